The van der Waals surface area contributed by atoms with Crippen LogP contribution in [0.2, 0.25) is 0 Å². The molecule has 2 fully saturated rings. The summed E-state index contributed by atoms with van der Waals surface area (Å²) < 4.78 is 9.99. The standard InChI is InChI=1S/C11H16O5.C3H6/c12-10(13)8-3-1-2-4-9(8)11(14)16-6-7-5-15-7;1-3-2/h7-9H,1-6H2,(H,12,13);3H,1H2,2H3. The molecule has 1 N–H and O–H groups in total. The van der Waals surface area contributed by atoms with Gasteiger partial charge in [0, 0.05) is 0 Å². The highest BCUT2D eigenvalue weighted by Gasteiger charge is 2.37. The van der Waals surface area contributed by atoms with Crippen LogP contribution < -0.4 is 0 Å². The summed E-state index contributed by atoms with van der Waals surface area (Å²) in [5, 5.41) is 9.01. The topological polar surface area (TPSA) is 76.1 Å². The van der Waals surface area contributed by atoms with Gasteiger partial charge in [-0.1, -0.05) is 18.9 Å². The van der Waals surface area contributed by atoms with E-state index in [0.717, 1.165) is 12.8 Å². The molecule has 0 radical (unpaired) electrons. The molecule has 2 aliphatic rings. The molecule has 1 aliphatic carbocycles. The van der Waals surface area contributed by atoms with E-state index in [1.165, 1.54) is 0 Å². The van der Waals surface area contributed by atoms with E-state index in [4.69, 9.17) is 14.6 Å². The molecule has 0 spiro atoms. The molecule has 1 aliphatic heterocycles. The molecule has 0 aromatic rings. The van der Waals surface area contributed by atoms with Crippen molar-refractivity contribution in [3.63, 3.8) is 0 Å². The molecule has 1 saturated carbocycles. The maximum atomic E-state index is 11.7. The van der Waals surface area contributed by atoms with Gasteiger partial charge in [0.15, 0.2) is 0 Å². The lowest BCUT2D eigenvalue weighted by atomic mass is 9.79. The van der Waals surface area contributed by atoms with Crippen LogP contribution in [0.15, 0.2) is 12.7 Å². The molecule has 0 amide bonds. The van der Waals surface area contributed by atoms with Gasteiger partial charge in [-0.25, -0.2) is 0 Å². The lowest BCUT2D eigenvalue weighted by molar-refractivity contribution is -0.160. The number of epoxide rings is 1. The highest BCUT2D eigenvalue weighted by Crippen LogP contribution is 2.31. The number of carbonyl (C=O) groups is 2. The second-order valence-corrected chi connectivity index (χ2v) is 4.83. The molecular weight excluding hydrogens is 248 g/mol. The largest absolute Gasteiger partial charge is 0.481 e. The number of carboxylic acids is 1. The Labute approximate surface area is 113 Å². The smallest absolute Gasteiger partial charge is 0.309 e. The van der Waals surface area contributed by atoms with Crippen LogP contribution in [0.1, 0.15) is 32.6 Å². The summed E-state index contributed by atoms with van der Waals surface area (Å²) >= 11 is 0. The third kappa shape index (κ3) is 5.42. The van der Waals surface area contributed by atoms with Gasteiger partial charge in [0.25, 0.3) is 0 Å². The first-order chi connectivity index (χ1) is 9.10. The Kier molecular flexibility index (Phi) is 6.56. The first-order valence-corrected chi connectivity index (χ1v) is 6.68. The monoisotopic (exact) mass is 270 g/mol. The molecule has 5 nitrogen and oxygen atoms in total. The molecule has 3 unspecified atom stereocenters. The van der Waals surface area contributed by atoms with Gasteiger partial charge in [-0.3, -0.25) is 9.59 Å². The fourth-order valence-electron chi connectivity index (χ4n) is 2.15. The summed E-state index contributed by atoms with van der Waals surface area (Å²) in [6, 6.07) is 0. The first-order valence-electron chi connectivity index (χ1n) is 6.68. The van der Waals surface area contributed by atoms with Gasteiger partial charge < -0.3 is 14.6 Å². The average molecular weight is 270 g/mol. The zero-order valence-corrected chi connectivity index (χ0v) is 11.3. The van der Waals surface area contributed by atoms with E-state index in [0.29, 0.717) is 19.4 Å². The molecule has 0 bridgehead atoms. The van der Waals surface area contributed by atoms with Gasteiger partial charge in [-0.15, -0.1) is 6.58 Å². The van der Waals surface area contributed by atoms with Crippen molar-refractivity contribution in [1.82, 2.24) is 0 Å². The molecule has 5 heteroatoms. The van der Waals surface area contributed by atoms with Gasteiger partial charge >= 0.3 is 11.9 Å². The predicted octanol–water partition coefficient (Wildman–Crippen LogP) is 2.01. The van der Waals surface area contributed by atoms with Crippen LogP contribution in [0, 0.1) is 11.8 Å². The molecule has 2 rings (SSSR count). The summed E-state index contributed by atoms with van der Waals surface area (Å²) in [6.45, 7) is 6.15. The molecular formula is C14H22O5. The third-order valence-corrected chi connectivity index (χ3v) is 3.20. The SMILES string of the molecule is C=CC.O=C(O)C1CCCCC1C(=O)OCC1CO1. The fraction of sp³-hybridized carbons (Fsp3) is 0.714. The van der Waals surface area contributed by atoms with Gasteiger partial charge in [0.1, 0.15) is 12.7 Å². The van der Waals surface area contributed by atoms with E-state index in [1.807, 2.05) is 6.92 Å². The van der Waals surface area contributed by atoms with Crippen molar-refractivity contribution in [2.45, 2.75) is 38.7 Å². The Morgan fingerprint density at radius 2 is 1.89 bits per heavy atom. The van der Waals surface area contributed by atoms with Crippen molar-refractivity contribution in [2.24, 2.45) is 11.8 Å². The van der Waals surface area contributed by atoms with Crippen molar-refractivity contribution in [1.29, 1.82) is 0 Å². The van der Waals surface area contributed by atoms with Crippen LogP contribution in [0.3, 0.4) is 0 Å². The van der Waals surface area contributed by atoms with E-state index in [9.17, 15) is 9.59 Å². The van der Waals surface area contributed by atoms with E-state index in [1.54, 1.807) is 6.08 Å². The molecule has 108 valence electrons. The summed E-state index contributed by atoms with van der Waals surface area (Å²) in [7, 11) is 0. The Morgan fingerprint density at radius 3 is 2.37 bits per heavy atom. The number of aliphatic carboxylic acids is 1. The molecule has 3 atom stereocenters. The lowest BCUT2D eigenvalue weighted by Gasteiger charge is -2.26. The van der Waals surface area contributed by atoms with Crippen LogP contribution in [-0.2, 0) is 19.1 Å². The zero-order valence-electron chi connectivity index (χ0n) is 11.3. The Hall–Kier alpha value is -1.36. The second-order valence-electron chi connectivity index (χ2n) is 4.83. The highest BCUT2D eigenvalue weighted by atomic mass is 16.6. The minimum atomic E-state index is -0.885. The number of esters is 1. The van der Waals surface area contributed by atoms with Crippen LogP contribution in [0.4, 0.5) is 0 Å². The molecule has 19 heavy (non-hydrogen) atoms. The number of carboxylic acid groups (broad SMARTS) is 1. The van der Waals surface area contributed by atoms with Crippen LogP contribution in [0.25, 0.3) is 0 Å². The predicted molar refractivity (Wildman–Crippen MR) is 69.7 cm³/mol. The van der Waals surface area contributed by atoms with Crippen molar-refractivity contribution >= 4 is 11.9 Å². The molecule has 0 aromatic heterocycles. The summed E-state index contributed by atoms with van der Waals surface area (Å²) in [5.41, 5.74) is 0. The minimum Gasteiger partial charge on any atom is -0.481 e. The summed E-state index contributed by atoms with van der Waals surface area (Å²) in [4.78, 5) is 22.7. The zero-order chi connectivity index (χ0) is 14.3. The van der Waals surface area contributed by atoms with E-state index in [-0.39, 0.29) is 18.7 Å². The minimum absolute atomic E-state index is 0.0378. The van der Waals surface area contributed by atoms with Crippen LogP contribution >= 0.6 is 0 Å². The number of hydrogen-bond donors (Lipinski definition) is 1. The second kappa shape index (κ2) is 7.94. The van der Waals surface area contributed by atoms with Crippen LogP contribution in [0.5, 0.6) is 0 Å². The fourth-order valence-corrected chi connectivity index (χ4v) is 2.15. The maximum Gasteiger partial charge on any atom is 0.309 e. The highest BCUT2D eigenvalue weighted by molar-refractivity contribution is 5.81. The quantitative estimate of drug-likeness (QED) is 0.480. The van der Waals surface area contributed by atoms with Gasteiger partial charge in [0.2, 0.25) is 0 Å². The average Bonchev–Trinajstić information content (AvgIpc) is 3.21. The van der Waals surface area contributed by atoms with Crippen molar-refractivity contribution in [3.8, 4) is 0 Å². The Morgan fingerprint density at radius 1 is 1.37 bits per heavy atom. The number of rotatable bonds is 4. The molecule has 1 saturated heterocycles. The maximum absolute atomic E-state index is 11.7. The van der Waals surface area contributed by atoms with Crippen molar-refractivity contribution in [3.05, 3.63) is 12.7 Å². The van der Waals surface area contributed by atoms with Crippen LogP contribution in [-0.4, -0.2) is 36.4 Å². The number of carbonyl (C=O) groups excluding carboxylic acids is 1. The number of allylic oxidation sites excluding steroid dienone is 1. The number of ether oxygens (including phenoxy) is 2. The normalized spacial score (nSPS) is 28.6. The van der Waals surface area contributed by atoms with Gasteiger partial charge in [0.05, 0.1) is 18.4 Å². The molecule has 0 aromatic carbocycles. The lowest BCUT2D eigenvalue weighted by Crippen LogP contribution is -2.34. The van der Waals surface area contributed by atoms with E-state index >= 15 is 0 Å². The third-order valence-electron chi connectivity index (χ3n) is 3.20. The Balaban J connectivity index is 0.000000550. The van der Waals surface area contributed by atoms with Gasteiger partial charge in [-0.05, 0) is 19.8 Å². The Bertz CT molecular complexity index is 322. The van der Waals surface area contributed by atoms with E-state index in [2.05, 4.69) is 6.58 Å². The summed E-state index contributed by atoms with van der Waals surface area (Å²) in [5.74, 6) is -2.29. The molecule has 1 heterocycles. The summed E-state index contributed by atoms with van der Waals surface area (Å²) in [6.07, 6.45) is 4.78. The van der Waals surface area contributed by atoms with Crippen molar-refractivity contribution < 1.29 is 24.2 Å². The first kappa shape index (κ1) is 15.7. The van der Waals surface area contributed by atoms with E-state index < -0.39 is 17.8 Å². The van der Waals surface area contributed by atoms with Gasteiger partial charge in [-0.2, -0.15) is 0 Å². The van der Waals surface area contributed by atoms with Crippen molar-refractivity contribution in [2.75, 3.05) is 13.2 Å². The number of hydrogen-bond acceptors (Lipinski definition) is 4.